The van der Waals surface area contributed by atoms with Crippen LogP contribution >= 0.6 is 0 Å². The number of carbonyl (C=O) groups is 1. The standard InChI is InChI=1S/C23H32N4O4/c1-5-8-12-21-18(17-11-9-10-13-20(17)31-21)14-26(4)23(28)19-15-27(25-24-19)16-22(29-6-2)30-7-3/h9-11,13,15,22H,5-8,12,14,16H2,1-4H3. The maximum atomic E-state index is 13.0. The second-order valence-electron chi connectivity index (χ2n) is 7.43. The van der Waals surface area contributed by atoms with Gasteiger partial charge in [0.05, 0.1) is 12.7 Å². The van der Waals surface area contributed by atoms with Gasteiger partial charge in [-0.25, -0.2) is 4.68 Å². The number of carbonyl (C=O) groups excluding carboxylic acids is 1. The third kappa shape index (κ3) is 5.71. The molecule has 2 aromatic heterocycles. The summed E-state index contributed by atoms with van der Waals surface area (Å²) in [7, 11) is 1.77. The van der Waals surface area contributed by atoms with Gasteiger partial charge in [-0.2, -0.15) is 0 Å². The Bertz CT molecular complexity index is 975. The van der Waals surface area contributed by atoms with Crippen LogP contribution in [0.25, 0.3) is 11.0 Å². The largest absolute Gasteiger partial charge is 0.461 e. The number of para-hydroxylation sites is 1. The van der Waals surface area contributed by atoms with E-state index in [2.05, 4.69) is 17.2 Å². The Hall–Kier alpha value is -2.71. The monoisotopic (exact) mass is 428 g/mol. The number of hydrogen-bond donors (Lipinski definition) is 0. The summed E-state index contributed by atoms with van der Waals surface area (Å²) in [6.07, 6.45) is 4.19. The van der Waals surface area contributed by atoms with Crippen LogP contribution in [0.2, 0.25) is 0 Å². The number of benzene rings is 1. The lowest BCUT2D eigenvalue weighted by Crippen LogP contribution is -2.27. The minimum Gasteiger partial charge on any atom is -0.461 e. The summed E-state index contributed by atoms with van der Waals surface area (Å²) >= 11 is 0. The molecule has 0 aliphatic heterocycles. The molecule has 1 aromatic carbocycles. The Kier molecular flexibility index (Phi) is 8.20. The molecular weight excluding hydrogens is 396 g/mol. The van der Waals surface area contributed by atoms with Crippen molar-refractivity contribution in [2.45, 2.75) is 59.4 Å². The van der Waals surface area contributed by atoms with E-state index in [0.29, 0.717) is 26.3 Å². The number of aromatic nitrogens is 3. The molecule has 0 fully saturated rings. The van der Waals surface area contributed by atoms with Gasteiger partial charge in [-0.15, -0.1) is 5.10 Å². The number of amides is 1. The Labute approximate surface area is 183 Å². The van der Waals surface area contributed by atoms with Gasteiger partial charge in [0.2, 0.25) is 0 Å². The van der Waals surface area contributed by atoms with Crippen LogP contribution in [0.4, 0.5) is 0 Å². The summed E-state index contributed by atoms with van der Waals surface area (Å²) in [5, 5.41) is 9.18. The fourth-order valence-electron chi connectivity index (χ4n) is 3.53. The first-order chi connectivity index (χ1) is 15.1. The SMILES string of the molecule is CCCCc1oc2ccccc2c1CN(C)C(=O)c1cn(CC(OCC)OCC)nn1. The predicted molar refractivity (Wildman–Crippen MR) is 118 cm³/mol. The second kappa shape index (κ2) is 11.1. The predicted octanol–water partition coefficient (Wildman–Crippen LogP) is 4.04. The molecule has 3 rings (SSSR count). The topological polar surface area (TPSA) is 82.6 Å². The van der Waals surface area contributed by atoms with Crippen LogP contribution in [0.15, 0.2) is 34.9 Å². The first kappa shape index (κ1) is 23.0. The van der Waals surface area contributed by atoms with Crippen molar-refractivity contribution in [3.8, 4) is 0 Å². The fraction of sp³-hybridized carbons (Fsp3) is 0.522. The van der Waals surface area contributed by atoms with Gasteiger partial charge in [-0.05, 0) is 26.3 Å². The number of furan rings is 1. The van der Waals surface area contributed by atoms with Gasteiger partial charge in [0.1, 0.15) is 11.3 Å². The Morgan fingerprint density at radius 2 is 1.94 bits per heavy atom. The first-order valence-electron chi connectivity index (χ1n) is 10.9. The summed E-state index contributed by atoms with van der Waals surface area (Å²) in [6.45, 7) is 7.86. The van der Waals surface area contributed by atoms with Gasteiger partial charge >= 0.3 is 0 Å². The average molecular weight is 429 g/mol. The quantitative estimate of drug-likeness (QED) is 0.405. The molecule has 1 amide bonds. The first-order valence-corrected chi connectivity index (χ1v) is 10.9. The molecule has 0 spiro atoms. The molecule has 0 saturated heterocycles. The Balaban J connectivity index is 1.73. The van der Waals surface area contributed by atoms with Gasteiger partial charge in [0.15, 0.2) is 12.0 Å². The highest BCUT2D eigenvalue weighted by Crippen LogP contribution is 2.28. The summed E-state index contributed by atoms with van der Waals surface area (Å²) in [6, 6.07) is 7.96. The molecule has 0 aliphatic rings. The second-order valence-corrected chi connectivity index (χ2v) is 7.43. The lowest BCUT2D eigenvalue weighted by molar-refractivity contribution is -0.145. The van der Waals surface area contributed by atoms with Gasteiger partial charge in [-0.3, -0.25) is 4.79 Å². The number of unbranched alkanes of at least 4 members (excludes halogenated alkanes) is 1. The van der Waals surface area contributed by atoms with Crippen molar-refractivity contribution in [3.63, 3.8) is 0 Å². The zero-order chi connectivity index (χ0) is 22.2. The summed E-state index contributed by atoms with van der Waals surface area (Å²) in [5.74, 6) is 0.755. The minimum atomic E-state index is -0.421. The van der Waals surface area contributed by atoms with Crippen molar-refractivity contribution in [1.82, 2.24) is 19.9 Å². The number of ether oxygens (including phenoxy) is 2. The maximum absolute atomic E-state index is 13.0. The summed E-state index contributed by atoms with van der Waals surface area (Å²) in [5.41, 5.74) is 2.20. The molecule has 0 atom stereocenters. The van der Waals surface area contributed by atoms with Crippen molar-refractivity contribution in [1.29, 1.82) is 0 Å². The number of aryl methyl sites for hydroxylation is 1. The van der Waals surface area contributed by atoms with Crippen molar-refractivity contribution in [3.05, 3.63) is 47.5 Å². The van der Waals surface area contributed by atoms with E-state index in [9.17, 15) is 4.79 Å². The van der Waals surface area contributed by atoms with E-state index < -0.39 is 6.29 Å². The molecule has 0 aliphatic carbocycles. The van der Waals surface area contributed by atoms with E-state index in [1.807, 2.05) is 38.1 Å². The van der Waals surface area contributed by atoms with Crippen LogP contribution in [0.3, 0.4) is 0 Å². The lowest BCUT2D eigenvalue weighted by Gasteiger charge is -2.16. The lowest BCUT2D eigenvalue weighted by atomic mass is 10.1. The van der Waals surface area contributed by atoms with Gasteiger partial charge in [0.25, 0.3) is 5.91 Å². The fourth-order valence-corrected chi connectivity index (χ4v) is 3.53. The molecule has 8 heteroatoms. The summed E-state index contributed by atoms with van der Waals surface area (Å²) in [4.78, 5) is 14.7. The van der Waals surface area contributed by atoms with Gasteiger partial charge in [-0.1, -0.05) is 36.8 Å². The molecule has 31 heavy (non-hydrogen) atoms. The van der Waals surface area contributed by atoms with E-state index in [1.54, 1.807) is 22.8 Å². The normalized spacial score (nSPS) is 11.5. The molecule has 2 heterocycles. The van der Waals surface area contributed by atoms with Crippen LogP contribution in [0.1, 0.15) is 55.4 Å². The third-order valence-corrected chi connectivity index (χ3v) is 5.08. The van der Waals surface area contributed by atoms with Crippen LogP contribution in [-0.4, -0.2) is 52.4 Å². The molecule has 0 unspecified atom stereocenters. The molecule has 168 valence electrons. The highest BCUT2D eigenvalue weighted by Gasteiger charge is 2.21. The van der Waals surface area contributed by atoms with Gasteiger partial charge in [0, 0.05) is 44.2 Å². The van der Waals surface area contributed by atoms with Crippen molar-refractivity contribution in [2.24, 2.45) is 0 Å². The van der Waals surface area contributed by atoms with Crippen molar-refractivity contribution >= 4 is 16.9 Å². The van der Waals surface area contributed by atoms with Crippen LogP contribution in [0, 0.1) is 0 Å². The van der Waals surface area contributed by atoms with E-state index >= 15 is 0 Å². The number of rotatable bonds is 12. The number of hydrogen-bond acceptors (Lipinski definition) is 6. The van der Waals surface area contributed by atoms with Crippen LogP contribution in [-0.2, 0) is 29.0 Å². The summed E-state index contributed by atoms with van der Waals surface area (Å²) < 4.78 is 18.8. The van der Waals surface area contributed by atoms with E-state index in [1.165, 1.54) is 0 Å². The van der Waals surface area contributed by atoms with Crippen molar-refractivity contribution < 1.29 is 18.7 Å². The molecule has 0 bridgehead atoms. The zero-order valence-electron chi connectivity index (χ0n) is 18.8. The average Bonchev–Trinajstić information content (AvgIpc) is 3.37. The minimum absolute atomic E-state index is 0.192. The van der Waals surface area contributed by atoms with Crippen LogP contribution < -0.4 is 0 Å². The highest BCUT2D eigenvalue weighted by molar-refractivity contribution is 5.92. The molecular formula is C23H32N4O4. The van der Waals surface area contributed by atoms with Crippen LogP contribution in [0.5, 0.6) is 0 Å². The zero-order valence-corrected chi connectivity index (χ0v) is 18.8. The highest BCUT2D eigenvalue weighted by atomic mass is 16.7. The molecule has 3 aromatic rings. The van der Waals surface area contributed by atoms with Crippen molar-refractivity contribution in [2.75, 3.05) is 20.3 Å². The molecule has 8 nitrogen and oxygen atoms in total. The number of fused-ring (bicyclic) bond motifs is 1. The number of nitrogens with zero attached hydrogens (tertiary/aromatic N) is 4. The maximum Gasteiger partial charge on any atom is 0.276 e. The molecule has 0 N–H and O–H groups in total. The third-order valence-electron chi connectivity index (χ3n) is 5.08. The van der Waals surface area contributed by atoms with E-state index in [-0.39, 0.29) is 11.6 Å². The van der Waals surface area contributed by atoms with Gasteiger partial charge < -0.3 is 18.8 Å². The Morgan fingerprint density at radius 3 is 2.65 bits per heavy atom. The molecule has 0 radical (unpaired) electrons. The van der Waals surface area contributed by atoms with E-state index in [0.717, 1.165) is 41.6 Å². The van der Waals surface area contributed by atoms with E-state index in [4.69, 9.17) is 13.9 Å². The molecule has 0 saturated carbocycles. The smallest absolute Gasteiger partial charge is 0.276 e. The Morgan fingerprint density at radius 1 is 1.19 bits per heavy atom.